The molecule has 0 heterocycles. The summed E-state index contributed by atoms with van der Waals surface area (Å²) in [6.07, 6.45) is 6.40. The zero-order valence-electron chi connectivity index (χ0n) is 14.7. The van der Waals surface area contributed by atoms with E-state index in [0.717, 1.165) is 38.5 Å². The molecule has 0 aromatic rings. The molecule has 0 aliphatic rings. The van der Waals surface area contributed by atoms with E-state index < -0.39 is 33.7 Å². The molecule has 0 aromatic carbocycles. The third-order valence-electron chi connectivity index (χ3n) is 3.48. The Hall–Kier alpha value is -1.15. The van der Waals surface area contributed by atoms with Crippen LogP contribution in [0.3, 0.4) is 0 Å². The number of hydrogen-bond acceptors (Lipinski definition) is 6. The molecule has 0 aliphatic carbocycles. The second-order valence-electron chi connectivity index (χ2n) is 5.72. The van der Waals surface area contributed by atoms with Crippen LogP contribution >= 0.6 is 0 Å². The number of carbonyl (C=O) groups is 2. The first-order valence-corrected chi connectivity index (χ1v) is 10.1. The second-order valence-corrected chi connectivity index (χ2v) is 7.32. The van der Waals surface area contributed by atoms with Crippen molar-refractivity contribution >= 4 is 22.1 Å². The van der Waals surface area contributed by atoms with Gasteiger partial charge < -0.3 is 9.47 Å². The van der Waals surface area contributed by atoms with Crippen LogP contribution in [0.25, 0.3) is 0 Å². The van der Waals surface area contributed by atoms with Crippen LogP contribution < -0.4 is 0 Å². The fraction of sp³-hybridized carbons (Fsp3) is 0.875. The molecule has 0 aromatic heterocycles. The molecule has 0 saturated carbocycles. The van der Waals surface area contributed by atoms with E-state index in [1.807, 2.05) is 6.92 Å². The van der Waals surface area contributed by atoms with E-state index in [1.165, 1.54) is 0 Å². The zero-order valence-corrected chi connectivity index (χ0v) is 15.5. The molecule has 8 heteroatoms. The number of ether oxygens (including phenoxy) is 2. The van der Waals surface area contributed by atoms with E-state index in [4.69, 9.17) is 14.0 Å². The Morgan fingerprint density at radius 3 is 1.83 bits per heavy atom. The van der Waals surface area contributed by atoms with Crippen molar-refractivity contribution in [2.24, 2.45) is 0 Å². The maximum Gasteiger partial charge on any atom is 0.327 e. The first-order chi connectivity index (χ1) is 11.3. The van der Waals surface area contributed by atoms with Gasteiger partial charge in [0.15, 0.2) is 5.25 Å². The Morgan fingerprint density at radius 1 is 0.875 bits per heavy atom. The lowest BCUT2D eigenvalue weighted by atomic mass is 10.2. The second kappa shape index (κ2) is 13.2. The van der Waals surface area contributed by atoms with Crippen LogP contribution in [0.2, 0.25) is 0 Å². The van der Waals surface area contributed by atoms with Crippen molar-refractivity contribution in [2.75, 3.05) is 13.2 Å². The molecule has 0 fully saturated rings. The zero-order chi connectivity index (χ0) is 18.4. The van der Waals surface area contributed by atoms with Crippen molar-refractivity contribution in [2.45, 2.75) is 76.9 Å². The molecule has 0 saturated heterocycles. The highest BCUT2D eigenvalue weighted by Crippen LogP contribution is 2.10. The van der Waals surface area contributed by atoms with E-state index in [1.54, 1.807) is 0 Å². The maximum atomic E-state index is 11.8. The third-order valence-corrected chi connectivity index (χ3v) is 4.56. The summed E-state index contributed by atoms with van der Waals surface area (Å²) in [5, 5.41) is -1.92. The SMILES string of the molecule is CCCCCCOC(=O)C[C@@H](C(=O)OCCCCCC)S(=O)(=O)O. The predicted octanol–water partition coefficient (Wildman–Crippen LogP) is 2.88. The first-order valence-electron chi connectivity index (χ1n) is 8.61. The summed E-state index contributed by atoms with van der Waals surface area (Å²) in [5.74, 6) is -1.95. The van der Waals surface area contributed by atoms with Gasteiger partial charge in [-0.15, -0.1) is 0 Å². The Balaban J connectivity index is 4.31. The Bertz CT molecular complexity index is 459. The number of carbonyl (C=O) groups excluding carboxylic acids is 2. The van der Waals surface area contributed by atoms with Crippen LogP contribution in [0, 0.1) is 0 Å². The van der Waals surface area contributed by atoms with E-state index >= 15 is 0 Å². The maximum absolute atomic E-state index is 11.8. The molecular weight excluding hydrogens is 336 g/mol. The summed E-state index contributed by atoms with van der Waals surface area (Å²) in [6.45, 7) is 4.32. The molecule has 0 rings (SSSR count). The number of esters is 2. The molecule has 0 amide bonds. The summed E-state index contributed by atoms with van der Waals surface area (Å²) in [4.78, 5) is 23.5. The van der Waals surface area contributed by atoms with Gasteiger partial charge in [0.2, 0.25) is 0 Å². The Kier molecular flexibility index (Phi) is 12.5. The van der Waals surface area contributed by atoms with Gasteiger partial charge in [0, 0.05) is 0 Å². The van der Waals surface area contributed by atoms with Crippen LogP contribution in [-0.4, -0.2) is 43.4 Å². The molecule has 7 nitrogen and oxygen atoms in total. The normalized spacial score (nSPS) is 12.6. The quantitative estimate of drug-likeness (QED) is 0.286. The van der Waals surface area contributed by atoms with Gasteiger partial charge in [-0.2, -0.15) is 8.42 Å². The van der Waals surface area contributed by atoms with Gasteiger partial charge in [0.1, 0.15) is 0 Å². The summed E-state index contributed by atoms with van der Waals surface area (Å²) in [5.41, 5.74) is 0. The molecule has 1 atom stereocenters. The van der Waals surface area contributed by atoms with Crippen molar-refractivity contribution in [1.29, 1.82) is 0 Å². The minimum absolute atomic E-state index is 0.0664. The number of hydrogen-bond donors (Lipinski definition) is 1. The Morgan fingerprint density at radius 2 is 1.38 bits per heavy atom. The van der Waals surface area contributed by atoms with Crippen LogP contribution in [0.4, 0.5) is 0 Å². The monoisotopic (exact) mass is 366 g/mol. The van der Waals surface area contributed by atoms with Crippen molar-refractivity contribution in [3.63, 3.8) is 0 Å². The van der Waals surface area contributed by atoms with Crippen molar-refractivity contribution in [1.82, 2.24) is 0 Å². The fourth-order valence-electron chi connectivity index (χ4n) is 2.03. The molecule has 0 spiro atoms. The molecule has 24 heavy (non-hydrogen) atoms. The van der Waals surface area contributed by atoms with Crippen LogP contribution in [0.15, 0.2) is 0 Å². The molecule has 0 unspecified atom stereocenters. The summed E-state index contributed by atoms with van der Waals surface area (Å²) < 4.78 is 41.5. The third kappa shape index (κ3) is 11.4. The van der Waals surface area contributed by atoms with Crippen molar-refractivity contribution in [3.8, 4) is 0 Å². The van der Waals surface area contributed by atoms with Gasteiger partial charge >= 0.3 is 11.9 Å². The average Bonchev–Trinajstić information content (AvgIpc) is 2.51. The van der Waals surface area contributed by atoms with Gasteiger partial charge in [0.05, 0.1) is 19.6 Å². The lowest BCUT2D eigenvalue weighted by Crippen LogP contribution is -2.34. The van der Waals surface area contributed by atoms with Crippen molar-refractivity contribution in [3.05, 3.63) is 0 Å². The number of rotatable bonds is 14. The highest BCUT2D eigenvalue weighted by molar-refractivity contribution is 7.87. The molecule has 1 N–H and O–H groups in total. The molecule has 0 bridgehead atoms. The summed E-state index contributed by atoms with van der Waals surface area (Å²) in [7, 11) is -4.72. The number of unbranched alkanes of at least 4 members (excludes halogenated alkanes) is 6. The topological polar surface area (TPSA) is 107 Å². The van der Waals surface area contributed by atoms with Gasteiger partial charge in [-0.05, 0) is 12.8 Å². The lowest BCUT2D eigenvalue weighted by molar-refractivity contribution is -0.150. The van der Waals surface area contributed by atoms with E-state index in [-0.39, 0.29) is 13.2 Å². The molecule has 142 valence electrons. The van der Waals surface area contributed by atoms with Gasteiger partial charge in [-0.25, -0.2) is 0 Å². The van der Waals surface area contributed by atoms with Crippen LogP contribution in [0.5, 0.6) is 0 Å². The first kappa shape index (κ1) is 22.9. The van der Waals surface area contributed by atoms with E-state index in [0.29, 0.717) is 12.8 Å². The summed E-state index contributed by atoms with van der Waals surface area (Å²) in [6, 6.07) is 0. The minimum atomic E-state index is -4.72. The van der Waals surface area contributed by atoms with E-state index in [9.17, 15) is 18.0 Å². The largest absolute Gasteiger partial charge is 0.466 e. The van der Waals surface area contributed by atoms with Gasteiger partial charge in [0.25, 0.3) is 10.1 Å². The van der Waals surface area contributed by atoms with Gasteiger partial charge in [-0.3, -0.25) is 14.1 Å². The lowest BCUT2D eigenvalue weighted by Gasteiger charge is -2.13. The predicted molar refractivity (Wildman–Crippen MR) is 90.2 cm³/mol. The van der Waals surface area contributed by atoms with Crippen molar-refractivity contribution < 1.29 is 32.0 Å². The molecule has 0 aliphatic heterocycles. The fourth-order valence-corrected chi connectivity index (χ4v) is 2.69. The Labute approximate surface area is 144 Å². The molecule has 0 radical (unpaired) electrons. The van der Waals surface area contributed by atoms with Crippen LogP contribution in [-0.2, 0) is 29.2 Å². The van der Waals surface area contributed by atoms with Gasteiger partial charge in [-0.1, -0.05) is 52.4 Å². The summed E-state index contributed by atoms with van der Waals surface area (Å²) >= 11 is 0. The minimum Gasteiger partial charge on any atom is -0.466 e. The van der Waals surface area contributed by atoms with Crippen LogP contribution in [0.1, 0.15) is 71.6 Å². The molecular formula is C16H30O7S. The van der Waals surface area contributed by atoms with E-state index in [2.05, 4.69) is 6.92 Å². The highest BCUT2D eigenvalue weighted by atomic mass is 32.2. The smallest absolute Gasteiger partial charge is 0.327 e. The standard InChI is InChI=1S/C16H30O7S/c1-3-5-7-9-11-22-15(17)13-14(24(19,20)21)16(18)23-12-10-8-6-4-2/h14H,3-13H2,1-2H3,(H,19,20,21)/t14-/m0/s1. The highest BCUT2D eigenvalue weighted by Gasteiger charge is 2.35. The average molecular weight is 366 g/mol.